The van der Waals surface area contributed by atoms with Crippen LogP contribution in [0.2, 0.25) is 0 Å². The standard InChI is InChI=1S/C14H27NO4/c1-12(2)9-14(18-5-6-19-14)10-13(3,4)15(12)7-11(17)8-16/h11,16-17H,5-10H2,1-4H3. The highest BCUT2D eigenvalue weighted by Gasteiger charge is 2.55. The highest BCUT2D eigenvalue weighted by molar-refractivity contribution is 5.05. The lowest BCUT2D eigenvalue weighted by molar-refractivity contribution is -0.242. The number of hydrogen-bond acceptors (Lipinski definition) is 5. The second-order valence-corrected chi connectivity index (χ2v) is 7.03. The molecule has 2 N–H and O–H groups in total. The zero-order valence-corrected chi connectivity index (χ0v) is 12.5. The molecule has 5 nitrogen and oxygen atoms in total. The zero-order valence-electron chi connectivity index (χ0n) is 12.5. The maximum absolute atomic E-state index is 9.78. The number of nitrogens with zero attached hydrogens (tertiary/aromatic N) is 1. The number of ether oxygens (including phenoxy) is 2. The molecule has 2 rings (SSSR count). The number of piperidine rings is 1. The van der Waals surface area contributed by atoms with Gasteiger partial charge in [0.1, 0.15) is 0 Å². The van der Waals surface area contributed by atoms with Gasteiger partial charge in [0.25, 0.3) is 0 Å². The summed E-state index contributed by atoms with van der Waals surface area (Å²) in [5.74, 6) is -0.479. The van der Waals surface area contributed by atoms with Gasteiger partial charge in [0.2, 0.25) is 0 Å². The molecule has 0 amide bonds. The van der Waals surface area contributed by atoms with Gasteiger partial charge in [-0.2, -0.15) is 0 Å². The molecule has 0 aromatic rings. The van der Waals surface area contributed by atoms with Crippen LogP contribution in [-0.4, -0.2) is 64.4 Å². The summed E-state index contributed by atoms with van der Waals surface area (Å²) in [4.78, 5) is 2.26. The molecule has 1 unspecified atom stereocenters. The van der Waals surface area contributed by atoms with Crippen LogP contribution in [0.5, 0.6) is 0 Å². The van der Waals surface area contributed by atoms with Gasteiger partial charge < -0.3 is 19.7 Å². The number of hydrogen-bond donors (Lipinski definition) is 2. The summed E-state index contributed by atoms with van der Waals surface area (Å²) in [6.07, 6.45) is 0.849. The van der Waals surface area contributed by atoms with Gasteiger partial charge in [-0.3, -0.25) is 4.90 Å². The van der Waals surface area contributed by atoms with Crippen LogP contribution in [0, 0.1) is 0 Å². The predicted octanol–water partition coefficient (Wildman–Crippen LogP) is 0.736. The predicted molar refractivity (Wildman–Crippen MR) is 71.8 cm³/mol. The lowest BCUT2D eigenvalue weighted by Gasteiger charge is -2.58. The number of rotatable bonds is 3. The molecule has 2 aliphatic rings. The number of β-amino-alcohol motifs (C(OH)–C–C–N with tert-alkyl or cyclic N) is 1. The first-order chi connectivity index (χ1) is 8.71. The average molecular weight is 273 g/mol. The largest absolute Gasteiger partial charge is 0.394 e. The van der Waals surface area contributed by atoms with E-state index < -0.39 is 11.9 Å². The Morgan fingerprint density at radius 2 is 1.53 bits per heavy atom. The Morgan fingerprint density at radius 1 is 1.05 bits per heavy atom. The van der Waals surface area contributed by atoms with Gasteiger partial charge in [0.15, 0.2) is 5.79 Å². The monoisotopic (exact) mass is 273 g/mol. The van der Waals surface area contributed by atoms with Crippen LogP contribution in [-0.2, 0) is 9.47 Å². The van der Waals surface area contributed by atoms with Gasteiger partial charge in [-0.25, -0.2) is 0 Å². The van der Waals surface area contributed by atoms with E-state index in [4.69, 9.17) is 14.6 Å². The van der Waals surface area contributed by atoms with Crippen LogP contribution in [0.3, 0.4) is 0 Å². The molecule has 2 saturated heterocycles. The van der Waals surface area contributed by atoms with E-state index >= 15 is 0 Å². The van der Waals surface area contributed by atoms with Crippen LogP contribution >= 0.6 is 0 Å². The Hall–Kier alpha value is -0.200. The first kappa shape index (κ1) is 15.2. The van der Waals surface area contributed by atoms with E-state index in [0.717, 1.165) is 12.8 Å². The van der Waals surface area contributed by atoms with E-state index in [2.05, 4.69) is 32.6 Å². The molecule has 0 aliphatic carbocycles. The van der Waals surface area contributed by atoms with Gasteiger partial charge in [0, 0.05) is 30.5 Å². The van der Waals surface area contributed by atoms with Crippen LogP contribution in [0.1, 0.15) is 40.5 Å². The van der Waals surface area contributed by atoms with Crippen molar-refractivity contribution in [1.29, 1.82) is 0 Å². The molecule has 2 aliphatic heterocycles. The second kappa shape index (κ2) is 4.97. The fraction of sp³-hybridized carbons (Fsp3) is 1.00. The molecule has 1 atom stereocenters. The van der Waals surface area contributed by atoms with Crippen molar-refractivity contribution in [3.63, 3.8) is 0 Å². The smallest absolute Gasteiger partial charge is 0.171 e. The molecule has 0 radical (unpaired) electrons. The van der Waals surface area contributed by atoms with Crippen molar-refractivity contribution in [3.05, 3.63) is 0 Å². The first-order valence-corrected chi connectivity index (χ1v) is 7.05. The molecule has 112 valence electrons. The highest BCUT2D eigenvalue weighted by atomic mass is 16.7. The normalized spacial score (nSPS) is 30.6. The number of aliphatic hydroxyl groups excluding tert-OH is 2. The number of aliphatic hydroxyl groups is 2. The van der Waals surface area contributed by atoms with Crippen molar-refractivity contribution >= 4 is 0 Å². The summed E-state index contributed by atoms with van der Waals surface area (Å²) in [5.41, 5.74) is -0.301. The lowest BCUT2D eigenvalue weighted by atomic mass is 9.76. The summed E-state index contributed by atoms with van der Waals surface area (Å²) in [6.45, 7) is 10.1. The minimum absolute atomic E-state index is 0.151. The van der Waals surface area contributed by atoms with Gasteiger partial charge in [-0.1, -0.05) is 0 Å². The van der Waals surface area contributed by atoms with Crippen molar-refractivity contribution in [1.82, 2.24) is 4.90 Å². The molecule has 2 heterocycles. The van der Waals surface area contributed by atoms with Crippen LogP contribution in [0.15, 0.2) is 0 Å². The minimum Gasteiger partial charge on any atom is -0.394 e. The highest BCUT2D eigenvalue weighted by Crippen LogP contribution is 2.47. The Bertz CT molecular complexity index is 303. The summed E-state index contributed by atoms with van der Waals surface area (Å²) in [7, 11) is 0. The summed E-state index contributed by atoms with van der Waals surface area (Å²) in [6, 6.07) is 0. The van der Waals surface area contributed by atoms with E-state index in [9.17, 15) is 5.11 Å². The van der Waals surface area contributed by atoms with E-state index in [1.54, 1.807) is 0 Å². The third-order valence-electron chi connectivity index (χ3n) is 4.28. The maximum Gasteiger partial charge on any atom is 0.171 e. The molecule has 1 spiro atoms. The Kier molecular flexibility index (Phi) is 3.97. The zero-order chi connectivity index (χ0) is 14.3. The summed E-state index contributed by atoms with van der Waals surface area (Å²) in [5, 5.41) is 18.9. The summed E-state index contributed by atoms with van der Waals surface area (Å²) >= 11 is 0. The topological polar surface area (TPSA) is 62.2 Å². The molecule has 2 fully saturated rings. The molecule has 0 bridgehead atoms. The minimum atomic E-state index is -0.710. The van der Waals surface area contributed by atoms with Gasteiger partial charge in [-0.15, -0.1) is 0 Å². The fourth-order valence-corrected chi connectivity index (χ4v) is 3.85. The van der Waals surface area contributed by atoms with Crippen LogP contribution in [0.4, 0.5) is 0 Å². The third-order valence-corrected chi connectivity index (χ3v) is 4.28. The van der Waals surface area contributed by atoms with E-state index in [0.29, 0.717) is 19.8 Å². The molecule has 0 aromatic heterocycles. The van der Waals surface area contributed by atoms with E-state index in [1.807, 2.05) is 0 Å². The molecule has 0 saturated carbocycles. The maximum atomic E-state index is 9.78. The SMILES string of the molecule is CC1(C)CC2(CC(C)(C)N1CC(O)CO)OCCO2. The molecule has 5 heteroatoms. The molecule has 19 heavy (non-hydrogen) atoms. The van der Waals surface area contributed by atoms with Crippen LogP contribution < -0.4 is 0 Å². The van der Waals surface area contributed by atoms with Gasteiger partial charge >= 0.3 is 0 Å². The van der Waals surface area contributed by atoms with E-state index in [1.165, 1.54) is 0 Å². The lowest BCUT2D eigenvalue weighted by Crippen LogP contribution is -2.67. The first-order valence-electron chi connectivity index (χ1n) is 7.05. The Labute approximate surface area is 115 Å². The molecular formula is C14H27NO4. The van der Waals surface area contributed by atoms with Crippen LogP contribution in [0.25, 0.3) is 0 Å². The second-order valence-electron chi connectivity index (χ2n) is 7.03. The average Bonchev–Trinajstić information content (AvgIpc) is 2.69. The fourth-order valence-electron chi connectivity index (χ4n) is 3.85. The van der Waals surface area contributed by atoms with Gasteiger partial charge in [0.05, 0.1) is 25.9 Å². The third kappa shape index (κ3) is 2.95. The molecular weight excluding hydrogens is 246 g/mol. The van der Waals surface area contributed by atoms with Gasteiger partial charge in [-0.05, 0) is 27.7 Å². The van der Waals surface area contributed by atoms with E-state index in [-0.39, 0.29) is 17.7 Å². The Balaban J connectivity index is 2.20. The summed E-state index contributed by atoms with van der Waals surface area (Å²) < 4.78 is 11.7. The molecule has 0 aromatic carbocycles. The van der Waals surface area contributed by atoms with Crippen molar-refractivity contribution < 1.29 is 19.7 Å². The van der Waals surface area contributed by atoms with Crippen molar-refractivity contribution in [2.75, 3.05) is 26.4 Å². The Morgan fingerprint density at radius 3 is 1.95 bits per heavy atom. The van der Waals surface area contributed by atoms with Crippen molar-refractivity contribution in [3.8, 4) is 0 Å². The quantitative estimate of drug-likeness (QED) is 0.794. The number of likely N-dealkylation sites (tertiary alicyclic amines) is 1. The van der Waals surface area contributed by atoms with Crippen molar-refractivity contribution in [2.45, 2.75) is 63.5 Å². The van der Waals surface area contributed by atoms with Crippen molar-refractivity contribution in [2.24, 2.45) is 0 Å².